The van der Waals surface area contributed by atoms with E-state index in [0.717, 1.165) is 19.4 Å². The van der Waals surface area contributed by atoms with Crippen molar-refractivity contribution in [1.29, 1.82) is 0 Å². The molecule has 0 aliphatic heterocycles. The quantitative estimate of drug-likeness (QED) is 0.789. The predicted octanol–water partition coefficient (Wildman–Crippen LogP) is 3.69. The Morgan fingerprint density at radius 2 is 2.00 bits per heavy atom. The Bertz CT molecular complexity index is 419. The zero-order valence-corrected chi connectivity index (χ0v) is 13.1. The van der Waals surface area contributed by atoms with Gasteiger partial charge in [0.1, 0.15) is 11.6 Å². The summed E-state index contributed by atoms with van der Waals surface area (Å²) in [5, 5.41) is 3.40. The second-order valence-electron chi connectivity index (χ2n) is 5.14. The van der Waals surface area contributed by atoms with Crippen molar-refractivity contribution in [3.63, 3.8) is 0 Å². The Labute approximate surface area is 121 Å². The minimum Gasteiger partial charge on any atom is -0.497 e. The molecule has 20 heavy (non-hydrogen) atoms. The molecule has 0 fully saturated rings. The van der Waals surface area contributed by atoms with E-state index < -0.39 is 5.60 Å². The van der Waals surface area contributed by atoms with E-state index in [2.05, 4.69) is 12.2 Å². The third-order valence-electron chi connectivity index (χ3n) is 3.90. The van der Waals surface area contributed by atoms with Crippen molar-refractivity contribution in [3.8, 4) is 5.75 Å². The van der Waals surface area contributed by atoms with E-state index in [1.54, 1.807) is 19.2 Å². The number of benzene rings is 1. The van der Waals surface area contributed by atoms with Gasteiger partial charge in [-0.25, -0.2) is 4.39 Å². The van der Waals surface area contributed by atoms with E-state index in [1.165, 1.54) is 13.2 Å². The van der Waals surface area contributed by atoms with Gasteiger partial charge in [0.15, 0.2) is 0 Å². The van der Waals surface area contributed by atoms with E-state index in [4.69, 9.17) is 9.47 Å². The molecule has 0 amide bonds. The largest absolute Gasteiger partial charge is 0.497 e. The molecule has 1 aromatic carbocycles. The average molecular weight is 283 g/mol. The molecule has 4 heteroatoms. The van der Waals surface area contributed by atoms with Crippen LogP contribution in [0.1, 0.15) is 45.2 Å². The van der Waals surface area contributed by atoms with Gasteiger partial charge in [-0.3, -0.25) is 0 Å². The Balaban J connectivity index is 3.16. The Hall–Kier alpha value is -1.13. The molecule has 0 bridgehead atoms. The lowest BCUT2D eigenvalue weighted by atomic mass is 9.87. The molecular weight excluding hydrogens is 257 g/mol. The van der Waals surface area contributed by atoms with E-state index in [9.17, 15) is 4.39 Å². The van der Waals surface area contributed by atoms with Gasteiger partial charge in [0, 0.05) is 18.7 Å². The highest BCUT2D eigenvalue weighted by Gasteiger charge is 2.35. The van der Waals surface area contributed by atoms with Gasteiger partial charge in [-0.1, -0.05) is 19.9 Å². The molecule has 0 aromatic heterocycles. The third kappa shape index (κ3) is 3.70. The van der Waals surface area contributed by atoms with Crippen LogP contribution >= 0.6 is 0 Å². The first-order chi connectivity index (χ1) is 9.52. The first-order valence-electron chi connectivity index (χ1n) is 7.14. The molecule has 2 atom stereocenters. The van der Waals surface area contributed by atoms with Gasteiger partial charge in [0.05, 0.1) is 18.8 Å². The van der Waals surface area contributed by atoms with Gasteiger partial charge in [-0.15, -0.1) is 0 Å². The highest BCUT2D eigenvalue weighted by Crippen LogP contribution is 2.34. The highest BCUT2D eigenvalue weighted by molar-refractivity contribution is 5.32. The number of methoxy groups -OCH3 is 2. The molecule has 2 unspecified atom stereocenters. The summed E-state index contributed by atoms with van der Waals surface area (Å²) >= 11 is 0. The molecule has 114 valence electrons. The van der Waals surface area contributed by atoms with Crippen molar-refractivity contribution in [1.82, 2.24) is 5.32 Å². The summed E-state index contributed by atoms with van der Waals surface area (Å²) in [6.45, 7) is 6.95. The van der Waals surface area contributed by atoms with E-state index >= 15 is 0 Å². The molecule has 1 N–H and O–H groups in total. The summed E-state index contributed by atoms with van der Waals surface area (Å²) in [7, 11) is 3.21. The summed E-state index contributed by atoms with van der Waals surface area (Å²) in [5.74, 6) is 0.255. The van der Waals surface area contributed by atoms with Crippen molar-refractivity contribution >= 4 is 0 Å². The van der Waals surface area contributed by atoms with E-state index in [0.29, 0.717) is 11.3 Å². The molecule has 0 aliphatic rings. The lowest BCUT2D eigenvalue weighted by Crippen LogP contribution is -2.43. The maximum atomic E-state index is 14.3. The van der Waals surface area contributed by atoms with Gasteiger partial charge in [0.2, 0.25) is 0 Å². The Morgan fingerprint density at radius 1 is 1.30 bits per heavy atom. The molecule has 0 aliphatic carbocycles. The summed E-state index contributed by atoms with van der Waals surface area (Å²) in [5.41, 5.74) is 0.162. The van der Waals surface area contributed by atoms with Crippen LogP contribution in [-0.2, 0) is 4.74 Å². The number of halogens is 1. The summed E-state index contributed by atoms with van der Waals surface area (Å²) in [4.78, 5) is 0. The van der Waals surface area contributed by atoms with Crippen molar-refractivity contribution in [2.45, 2.75) is 45.3 Å². The van der Waals surface area contributed by atoms with Gasteiger partial charge in [-0.05, 0) is 32.4 Å². The van der Waals surface area contributed by atoms with Crippen LogP contribution < -0.4 is 10.1 Å². The molecule has 0 saturated carbocycles. The second kappa shape index (κ2) is 7.60. The molecule has 1 rings (SSSR count). The van der Waals surface area contributed by atoms with Crippen molar-refractivity contribution in [3.05, 3.63) is 29.6 Å². The Morgan fingerprint density at radius 3 is 2.45 bits per heavy atom. The van der Waals surface area contributed by atoms with Crippen LogP contribution in [0.15, 0.2) is 18.2 Å². The number of hydrogen-bond acceptors (Lipinski definition) is 3. The van der Waals surface area contributed by atoms with Crippen LogP contribution in [0.2, 0.25) is 0 Å². The topological polar surface area (TPSA) is 30.5 Å². The average Bonchev–Trinajstić information content (AvgIpc) is 2.48. The normalized spacial score (nSPS) is 15.7. The monoisotopic (exact) mass is 283 g/mol. The van der Waals surface area contributed by atoms with E-state index in [-0.39, 0.29) is 11.9 Å². The number of hydrogen-bond donors (Lipinski definition) is 1. The first-order valence-corrected chi connectivity index (χ1v) is 7.14. The first kappa shape index (κ1) is 16.9. The molecule has 0 saturated heterocycles. The smallest absolute Gasteiger partial charge is 0.131 e. The minimum atomic E-state index is -0.454. The van der Waals surface area contributed by atoms with Gasteiger partial charge in [0.25, 0.3) is 0 Å². The maximum absolute atomic E-state index is 14.3. The lowest BCUT2D eigenvalue weighted by Gasteiger charge is -2.37. The van der Waals surface area contributed by atoms with Crippen LogP contribution in [-0.4, -0.2) is 26.4 Å². The van der Waals surface area contributed by atoms with Crippen LogP contribution in [0.4, 0.5) is 4.39 Å². The van der Waals surface area contributed by atoms with Crippen LogP contribution in [0, 0.1) is 5.82 Å². The fraction of sp³-hybridized carbons (Fsp3) is 0.625. The minimum absolute atomic E-state index is 0.191. The van der Waals surface area contributed by atoms with Crippen LogP contribution in [0.3, 0.4) is 0 Å². The molecule has 3 nitrogen and oxygen atoms in total. The van der Waals surface area contributed by atoms with Gasteiger partial charge in [-0.2, -0.15) is 0 Å². The number of nitrogens with one attached hydrogen (secondary N) is 1. The third-order valence-corrected chi connectivity index (χ3v) is 3.90. The van der Waals surface area contributed by atoms with Crippen LogP contribution in [0.5, 0.6) is 5.75 Å². The van der Waals surface area contributed by atoms with Gasteiger partial charge >= 0.3 is 0 Å². The summed E-state index contributed by atoms with van der Waals surface area (Å²) in [6, 6.07) is 4.78. The Kier molecular flexibility index (Phi) is 6.43. The van der Waals surface area contributed by atoms with Crippen molar-refractivity contribution < 1.29 is 13.9 Å². The summed E-state index contributed by atoms with van der Waals surface area (Å²) in [6.07, 6.45) is 1.77. The highest BCUT2D eigenvalue weighted by atomic mass is 19.1. The van der Waals surface area contributed by atoms with Crippen molar-refractivity contribution in [2.24, 2.45) is 0 Å². The second-order valence-corrected chi connectivity index (χ2v) is 5.14. The predicted molar refractivity (Wildman–Crippen MR) is 79.7 cm³/mol. The standard InChI is InChI=1S/C16H26FNO2/c1-6-10-18-15(16(3,7-2)20-5)13-9-8-12(19-4)11-14(13)17/h8-9,11,15,18H,6-7,10H2,1-5H3. The fourth-order valence-corrected chi connectivity index (χ4v) is 2.28. The molecule has 0 heterocycles. The van der Waals surface area contributed by atoms with Crippen LogP contribution in [0.25, 0.3) is 0 Å². The lowest BCUT2D eigenvalue weighted by molar-refractivity contribution is -0.0308. The van der Waals surface area contributed by atoms with E-state index in [1.807, 2.05) is 13.8 Å². The summed E-state index contributed by atoms with van der Waals surface area (Å²) < 4.78 is 25.1. The molecule has 0 radical (unpaired) electrons. The maximum Gasteiger partial charge on any atom is 0.131 e. The number of ether oxygens (including phenoxy) is 2. The molecule has 0 spiro atoms. The van der Waals surface area contributed by atoms with Gasteiger partial charge < -0.3 is 14.8 Å². The zero-order valence-electron chi connectivity index (χ0n) is 13.1. The fourth-order valence-electron chi connectivity index (χ4n) is 2.28. The van der Waals surface area contributed by atoms with Crippen molar-refractivity contribution in [2.75, 3.05) is 20.8 Å². The zero-order chi connectivity index (χ0) is 15.2. The molecule has 1 aromatic rings. The number of rotatable bonds is 8. The SMILES string of the molecule is CCCNC(c1ccc(OC)cc1F)C(C)(CC)OC. The molecular formula is C16H26FNO2.